The van der Waals surface area contributed by atoms with Crippen LogP contribution in [0.5, 0.6) is 0 Å². The van der Waals surface area contributed by atoms with Gasteiger partial charge in [0.1, 0.15) is 5.60 Å². The van der Waals surface area contributed by atoms with E-state index in [2.05, 4.69) is 53.7 Å². The number of benzene rings is 1. The number of rotatable bonds is 4. The molecule has 0 aliphatic carbocycles. The van der Waals surface area contributed by atoms with Crippen LogP contribution in [0.25, 0.3) is 0 Å². The minimum absolute atomic E-state index is 0. The number of aliphatic hydroxyl groups is 1. The minimum Gasteiger partial charge on any atom is -0.365 e. The van der Waals surface area contributed by atoms with Crippen molar-refractivity contribution in [1.29, 1.82) is 0 Å². The molecule has 1 aromatic rings. The molecular weight excluding hydrogens is 379 g/mol. The largest absolute Gasteiger partial charge is 0.365 e. The molecule has 0 aromatic heterocycles. The van der Waals surface area contributed by atoms with E-state index >= 15 is 0 Å². The molecule has 0 bridgehead atoms. The van der Waals surface area contributed by atoms with Crippen molar-refractivity contribution in [2.45, 2.75) is 76.9 Å². The Labute approximate surface area is 171 Å². The second-order valence-corrected chi connectivity index (χ2v) is 8.39. The molecule has 1 aliphatic heterocycles. The average molecular weight is 410 g/mol. The van der Waals surface area contributed by atoms with Crippen LogP contribution in [0.4, 0.5) is 0 Å². The first-order valence-electron chi connectivity index (χ1n) is 8.24. The van der Waals surface area contributed by atoms with Crippen LogP contribution in [0.3, 0.4) is 0 Å². The fourth-order valence-corrected chi connectivity index (χ4v) is 3.89. The van der Waals surface area contributed by atoms with Crippen molar-refractivity contribution in [2.24, 2.45) is 0 Å². The van der Waals surface area contributed by atoms with Crippen LogP contribution in [0, 0.1) is 0 Å². The first-order chi connectivity index (χ1) is 10.4. The van der Waals surface area contributed by atoms with Crippen molar-refractivity contribution in [3.05, 3.63) is 35.9 Å². The van der Waals surface area contributed by atoms with Gasteiger partial charge < -0.3 is 9.84 Å². The summed E-state index contributed by atoms with van der Waals surface area (Å²) in [6.07, 6.45) is 0.982. The zero-order valence-corrected chi connectivity index (χ0v) is 18.9. The van der Waals surface area contributed by atoms with Gasteiger partial charge in [-0.05, 0) is 47.1 Å². The molecule has 1 aliphatic rings. The van der Waals surface area contributed by atoms with E-state index < -0.39 is 11.4 Å². The van der Waals surface area contributed by atoms with E-state index in [1.165, 1.54) is 0 Å². The van der Waals surface area contributed by atoms with Crippen LogP contribution >= 0.6 is 0 Å². The molecule has 1 aromatic carbocycles. The van der Waals surface area contributed by atoms with Crippen LogP contribution < -0.4 is 0 Å². The third kappa shape index (κ3) is 4.66. The molecule has 0 saturated carbocycles. The first-order valence-corrected chi connectivity index (χ1v) is 8.24. The maximum atomic E-state index is 10.7. The molecule has 5 heteroatoms. The SMILES string of the molecule is COC1(O)CC(C)(C)N(OC(C)(C)c2ccccc2)C(C)(C)C1.[Y]. The Bertz CT molecular complexity index is 525. The summed E-state index contributed by atoms with van der Waals surface area (Å²) in [6, 6.07) is 10.2. The van der Waals surface area contributed by atoms with Gasteiger partial charge >= 0.3 is 0 Å². The summed E-state index contributed by atoms with van der Waals surface area (Å²) < 4.78 is 5.39. The predicted octanol–water partition coefficient (Wildman–Crippen LogP) is 3.84. The summed E-state index contributed by atoms with van der Waals surface area (Å²) in [5.41, 5.74) is -0.0608. The summed E-state index contributed by atoms with van der Waals surface area (Å²) in [4.78, 5) is 6.50. The fourth-order valence-electron chi connectivity index (χ4n) is 3.89. The number of hydroxylamine groups is 2. The number of hydrogen-bond donors (Lipinski definition) is 1. The Morgan fingerprint density at radius 2 is 1.46 bits per heavy atom. The quantitative estimate of drug-likeness (QED) is 0.766. The van der Waals surface area contributed by atoms with Crippen molar-refractivity contribution in [3.63, 3.8) is 0 Å². The summed E-state index contributed by atoms with van der Waals surface area (Å²) >= 11 is 0. The van der Waals surface area contributed by atoms with Gasteiger partial charge in [0.15, 0.2) is 5.79 Å². The summed E-state index contributed by atoms with van der Waals surface area (Å²) in [5, 5.41) is 12.7. The molecule has 1 saturated heterocycles. The van der Waals surface area contributed by atoms with Gasteiger partial charge in [0.25, 0.3) is 0 Å². The fraction of sp³-hybridized carbons (Fsp3) is 0.684. The Balaban J connectivity index is 0.00000288. The Morgan fingerprint density at radius 3 is 1.88 bits per heavy atom. The molecule has 1 heterocycles. The monoisotopic (exact) mass is 410 g/mol. The standard InChI is InChI=1S/C19H31NO3.Y/c1-16(2)13-19(21,22-7)14-17(3,4)20(16)23-18(5,6)15-11-9-8-10-12-15;/h8-12,21H,13-14H2,1-7H3;. The molecule has 1 radical (unpaired) electrons. The van der Waals surface area contributed by atoms with Crippen molar-refractivity contribution in [2.75, 3.05) is 7.11 Å². The minimum atomic E-state index is -1.12. The zero-order valence-electron chi connectivity index (χ0n) is 16.1. The van der Waals surface area contributed by atoms with Gasteiger partial charge in [0.2, 0.25) is 0 Å². The van der Waals surface area contributed by atoms with Gasteiger partial charge in [-0.15, -0.1) is 0 Å². The van der Waals surface area contributed by atoms with E-state index in [9.17, 15) is 5.11 Å². The molecular formula is C19H31NO3Y. The van der Waals surface area contributed by atoms with Gasteiger partial charge in [0, 0.05) is 63.7 Å². The molecule has 133 valence electrons. The number of methoxy groups -OCH3 is 1. The molecule has 0 spiro atoms. The van der Waals surface area contributed by atoms with Crippen LogP contribution in [0.1, 0.15) is 59.9 Å². The summed E-state index contributed by atoms with van der Waals surface area (Å²) in [7, 11) is 1.57. The molecule has 0 atom stereocenters. The number of ether oxygens (including phenoxy) is 1. The molecule has 4 nitrogen and oxygen atoms in total. The van der Waals surface area contributed by atoms with Crippen molar-refractivity contribution < 1.29 is 47.4 Å². The van der Waals surface area contributed by atoms with Crippen molar-refractivity contribution in [3.8, 4) is 0 Å². The second-order valence-electron chi connectivity index (χ2n) is 8.39. The Hall–Kier alpha value is 0.164. The average Bonchev–Trinajstić information content (AvgIpc) is 2.43. The van der Waals surface area contributed by atoms with Gasteiger partial charge in [-0.25, -0.2) is 0 Å². The third-order valence-electron chi connectivity index (χ3n) is 4.69. The van der Waals surface area contributed by atoms with E-state index in [0.717, 1.165) is 5.56 Å². The smallest absolute Gasteiger partial charge is 0.168 e. The van der Waals surface area contributed by atoms with Gasteiger partial charge in [-0.3, -0.25) is 4.84 Å². The van der Waals surface area contributed by atoms with Crippen LogP contribution in [-0.4, -0.2) is 34.1 Å². The molecule has 1 fully saturated rings. The number of hydrogen-bond acceptors (Lipinski definition) is 4. The summed E-state index contributed by atoms with van der Waals surface area (Å²) in [6.45, 7) is 12.5. The van der Waals surface area contributed by atoms with Crippen molar-refractivity contribution in [1.82, 2.24) is 5.06 Å². The van der Waals surface area contributed by atoms with Crippen LogP contribution in [-0.2, 0) is 47.9 Å². The predicted molar refractivity (Wildman–Crippen MR) is 91.7 cm³/mol. The molecule has 1 N–H and O–H groups in total. The third-order valence-corrected chi connectivity index (χ3v) is 4.69. The van der Waals surface area contributed by atoms with E-state index in [0.29, 0.717) is 12.8 Å². The zero-order chi connectivity index (χ0) is 17.5. The molecule has 0 amide bonds. The topological polar surface area (TPSA) is 41.9 Å². The van der Waals surface area contributed by atoms with E-state index in [4.69, 9.17) is 9.57 Å². The second kappa shape index (κ2) is 7.42. The maximum absolute atomic E-state index is 10.7. The molecule has 2 rings (SSSR count). The van der Waals surface area contributed by atoms with E-state index in [1.807, 2.05) is 23.3 Å². The van der Waals surface area contributed by atoms with E-state index in [-0.39, 0.29) is 43.8 Å². The number of piperidine rings is 1. The Morgan fingerprint density at radius 1 is 1.00 bits per heavy atom. The van der Waals surface area contributed by atoms with Crippen LogP contribution in [0.2, 0.25) is 0 Å². The molecule has 24 heavy (non-hydrogen) atoms. The maximum Gasteiger partial charge on any atom is 0.168 e. The normalized spacial score (nSPS) is 22.7. The summed E-state index contributed by atoms with van der Waals surface area (Å²) in [5.74, 6) is -1.12. The number of nitrogens with zero attached hydrogens (tertiary/aromatic N) is 1. The van der Waals surface area contributed by atoms with E-state index in [1.54, 1.807) is 7.11 Å². The van der Waals surface area contributed by atoms with Gasteiger partial charge in [-0.2, -0.15) is 5.06 Å². The first kappa shape index (κ1) is 22.2. The van der Waals surface area contributed by atoms with Crippen molar-refractivity contribution >= 4 is 0 Å². The van der Waals surface area contributed by atoms with Gasteiger partial charge in [-0.1, -0.05) is 30.3 Å². The van der Waals surface area contributed by atoms with Crippen LogP contribution in [0.15, 0.2) is 30.3 Å². The molecule has 0 unspecified atom stereocenters. The Kier molecular flexibility index (Phi) is 6.86. The van der Waals surface area contributed by atoms with Gasteiger partial charge in [0.05, 0.1) is 0 Å².